The van der Waals surface area contributed by atoms with E-state index in [2.05, 4.69) is 20.5 Å². The number of hydrazine groups is 1. The maximum atomic E-state index is 13.0. The molecule has 1 aliphatic carbocycles. The maximum Gasteiger partial charge on any atom is 0.433 e. The van der Waals surface area contributed by atoms with Gasteiger partial charge in [0.1, 0.15) is 5.69 Å². The largest absolute Gasteiger partial charge is 0.465 e. The quantitative estimate of drug-likeness (QED) is 0.219. The smallest absolute Gasteiger partial charge is 0.433 e. The van der Waals surface area contributed by atoms with E-state index in [-0.39, 0.29) is 30.4 Å². The second-order valence-corrected chi connectivity index (χ2v) is 9.81. The molecule has 3 aromatic rings. The van der Waals surface area contributed by atoms with E-state index in [9.17, 15) is 23.1 Å². The zero-order valence-electron chi connectivity index (χ0n) is 21.2. The lowest BCUT2D eigenvalue weighted by atomic mass is 9.81. The van der Waals surface area contributed by atoms with Crippen LogP contribution in [0, 0.1) is 24.2 Å². The van der Waals surface area contributed by atoms with Crippen LogP contribution in [0.1, 0.15) is 36.9 Å². The fourth-order valence-electron chi connectivity index (χ4n) is 5.08. The normalized spacial score (nSPS) is 18.1. The summed E-state index contributed by atoms with van der Waals surface area (Å²) < 4.78 is 41.0. The minimum absolute atomic E-state index is 0.0127. The Kier molecular flexibility index (Phi) is 8.30. The summed E-state index contributed by atoms with van der Waals surface area (Å²) in [7, 11) is 0. The average molecular weight is 542 g/mol. The Bertz CT molecular complexity index is 1400. The predicted molar refractivity (Wildman–Crippen MR) is 141 cm³/mol. The highest BCUT2D eigenvalue weighted by molar-refractivity contribution is 5.77. The Balaban J connectivity index is 1.39. The van der Waals surface area contributed by atoms with Gasteiger partial charge in [0.2, 0.25) is 0 Å². The van der Waals surface area contributed by atoms with Gasteiger partial charge in [0.25, 0.3) is 0 Å². The number of pyridine rings is 1. The van der Waals surface area contributed by atoms with Gasteiger partial charge in [-0.25, -0.2) is 15.6 Å². The van der Waals surface area contributed by atoms with Crippen molar-refractivity contribution in [2.24, 2.45) is 23.4 Å². The highest BCUT2D eigenvalue weighted by atomic mass is 19.4. The number of aromatic nitrogens is 3. The molecule has 2 aromatic heterocycles. The van der Waals surface area contributed by atoms with E-state index >= 15 is 0 Å². The lowest BCUT2D eigenvalue weighted by molar-refractivity contribution is -0.141. The summed E-state index contributed by atoms with van der Waals surface area (Å²) in [5.41, 5.74) is 7.68. The van der Waals surface area contributed by atoms with E-state index < -0.39 is 18.0 Å². The van der Waals surface area contributed by atoms with Crippen LogP contribution in [0.4, 0.5) is 23.7 Å². The summed E-state index contributed by atoms with van der Waals surface area (Å²) in [6.45, 7) is 0.900. The topological polar surface area (TPSA) is 127 Å². The lowest BCUT2D eigenvalue weighted by Gasteiger charge is -2.32. The van der Waals surface area contributed by atoms with E-state index in [0.29, 0.717) is 5.92 Å². The first-order chi connectivity index (χ1) is 18.5. The van der Waals surface area contributed by atoms with Crippen LogP contribution in [-0.4, -0.2) is 43.7 Å². The highest BCUT2D eigenvalue weighted by Crippen LogP contribution is 2.32. The van der Waals surface area contributed by atoms with Crippen molar-refractivity contribution >= 4 is 22.8 Å². The number of amides is 1. The molecule has 2 atom stereocenters. The molecule has 9 nitrogen and oxygen atoms in total. The summed E-state index contributed by atoms with van der Waals surface area (Å²) in [6, 6.07) is 7.79. The Labute approximate surface area is 223 Å². The Morgan fingerprint density at radius 2 is 2.00 bits per heavy atom. The highest BCUT2D eigenvalue weighted by Gasteiger charge is 2.33. The number of fused-ring (bicyclic) bond motifs is 1. The van der Waals surface area contributed by atoms with Crippen molar-refractivity contribution in [3.63, 3.8) is 0 Å². The summed E-state index contributed by atoms with van der Waals surface area (Å²) in [4.78, 5) is 21.0. The van der Waals surface area contributed by atoms with E-state index in [1.165, 1.54) is 17.2 Å². The number of hydrogen-bond acceptors (Lipinski definition) is 6. The molecular weight excluding hydrogens is 511 g/mol. The van der Waals surface area contributed by atoms with E-state index in [1.807, 2.05) is 24.5 Å². The monoisotopic (exact) mass is 541 g/mol. The maximum absolute atomic E-state index is 13.0. The second kappa shape index (κ2) is 11.7. The van der Waals surface area contributed by atoms with Crippen LogP contribution in [0.2, 0.25) is 0 Å². The number of halogens is 3. The molecule has 0 aliphatic heterocycles. The second-order valence-electron chi connectivity index (χ2n) is 9.81. The SMILES string of the molecule is C#Cc1ccc2ncn(CC3CCCC(CN(C/C(N)=C/N(N)c4ccnc(C(F)(F)F)c4)C(=O)O)C3)c2c1. The van der Waals surface area contributed by atoms with Crippen LogP contribution in [0.15, 0.2) is 54.8 Å². The Morgan fingerprint density at radius 1 is 1.23 bits per heavy atom. The molecule has 4 rings (SSSR count). The number of hydrogen-bond donors (Lipinski definition) is 3. The number of benzene rings is 1. The van der Waals surface area contributed by atoms with E-state index in [4.69, 9.17) is 18.0 Å². The van der Waals surface area contributed by atoms with Gasteiger partial charge in [-0.15, -0.1) is 6.42 Å². The summed E-state index contributed by atoms with van der Waals surface area (Å²) in [5, 5.41) is 10.7. The van der Waals surface area contributed by atoms with E-state index in [0.717, 1.165) is 66.1 Å². The molecule has 0 spiro atoms. The number of nitrogens with zero attached hydrogens (tertiary/aromatic N) is 5. The van der Waals surface area contributed by atoms with Gasteiger partial charge in [0.05, 0.1) is 29.6 Å². The van der Waals surface area contributed by atoms with Crippen LogP contribution in [0.25, 0.3) is 11.0 Å². The molecule has 2 unspecified atom stereocenters. The fourth-order valence-corrected chi connectivity index (χ4v) is 5.08. The molecule has 1 aliphatic rings. The number of carbonyl (C=O) groups is 1. The molecule has 0 radical (unpaired) electrons. The molecule has 1 amide bonds. The van der Waals surface area contributed by atoms with Gasteiger partial charge in [-0.05, 0) is 61.4 Å². The summed E-state index contributed by atoms with van der Waals surface area (Å²) in [5.74, 6) is 9.00. The number of terminal acetylenes is 1. The number of rotatable bonds is 8. The molecule has 39 heavy (non-hydrogen) atoms. The molecule has 1 fully saturated rings. The minimum Gasteiger partial charge on any atom is -0.465 e. The molecule has 1 aromatic carbocycles. The van der Waals surface area contributed by atoms with Crippen LogP contribution in [-0.2, 0) is 12.7 Å². The van der Waals surface area contributed by atoms with Crippen molar-refractivity contribution in [1.29, 1.82) is 0 Å². The average Bonchev–Trinajstić information content (AvgIpc) is 3.29. The fraction of sp³-hybridized carbons (Fsp3) is 0.370. The molecule has 0 bridgehead atoms. The molecule has 12 heteroatoms. The zero-order valence-corrected chi connectivity index (χ0v) is 21.2. The first kappa shape index (κ1) is 27.8. The molecule has 0 saturated heterocycles. The number of alkyl halides is 3. The molecule has 1 saturated carbocycles. The first-order valence-corrected chi connectivity index (χ1v) is 12.5. The predicted octanol–water partition coefficient (Wildman–Crippen LogP) is 4.40. The third-order valence-corrected chi connectivity index (χ3v) is 6.89. The van der Waals surface area contributed by atoms with Crippen molar-refractivity contribution in [3.8, 4) is 12.3 Å². The third-order valence-electron chi connectivity index (χ3n) is 6.89. The van der Waals surface area contributed by atoms with Gasteiger partial charge in [-0.1, -0.05) is 12.3 Å². The number of anilines is 1. The van der Waals surface area contributed by atoms with Crippen LogP contribution >= 0.6 is 0 Å². The molecular formula is C27H30F3N7O2. The van der Waals surface area contributed by atoms with Crippen LogP contribution in [0.3, 0.4) is 0 Å². The van der Waals surface area contributed by atoms with Gasteiger partial charge in [-0.2, -0.15) is 13.2 Å². The van der Waals surface area contributed by atoms with Crippen molar-refractivity contribution in [2.45, 2.75) is 38.4 Å². The molecule has 5 N–H and O–H groups in total. The van der Waals surface area contributed by atoms with Crippen molar-refractivity contribution in [3.05, 3.63) is 66.0 Å². The Morgan fingerprint density at radius 3 is 2.72 bits per heavy atom. The summed E-state index contributed by atoms with van der Waals surface area (Å²) in [6.07, 6.45) is 7.51. The number of imidazole rings is 1. The van der Waals surface area contributed by atoms with Crippen molar-refractivity contribution in [1.82, 2.24) is 19.4 Å². The van der Waals surface area contributed by atoms with Gasteiger partial charge < -0.3 is 20.3 Å². The lowest BCUT2D eigenvalue weighted by Crippen LogP contribution is -2.39. The minimum atomic E-state index is -4.63. The van der Waals surface area contributed by atoms with E-state index in [1.54, 1.807) is 0 Å². The Hall–Kier alpha value is -4.24. The number of nitrogens with two attached hydrogens (primary N) is 2. The van der Waals surface area contributed by atoms with Crippen LogP contribution < -0.4 is 16.6 Å². The van der Waals surface area contributed by atoms with Gasteiger partial charge in [0, 0.05) is 36.7 Å². The van der Waals surface area contributed by atoms with Gasteiger partial charge >= 0.3 is 12.3 Å². The van der Waals surface area contributed by atoms with Gasteiger partial charge in [0.15, 0.2) is 0 Å². The molecule has 206 valence electrons. The zero-order chi connectivity index (χ0) is 28.2. The first-order valence-electron chi connectivity index (χ1n) is 12.5. The molecule has 2 heterocycles. The van der Waals surface area contributed by atoms with Gasteiger partial charge in [-0.3, -0.25) is 9.99 Å². The third kappa shape index (κ3) is 7.00. The van der Waals surface area contributed by atoms with Crippen molar-refractivity contribution < 1.29 is 23.1 Å². The van der Waals surface area contributed by atoms with Crippen molar-refractivity contribution in [2.75, 3.05) is 18.1 Å². The summed E-state index contributed by atoms with van der Waals surface area (Å²) >= 11 is 0. The standard InChI is InChI=1S/C27H30F3N7O2/c1-2-18-6-7-23-24(11-18)36(17-34-23)14-20-5-3-4-19(10-20)13-35(26(38)39)15-21(31)16-37(32)22-8-9-33-25(12-22)27(28,29)30/h1,6-9,11-12,16-17,19-20H,3-5,10,13-15,31-32H2,(H,38,39)/b21-16-. The van der Waals surface area contributed by atoms with Crippen LogP contribution in [0.5, 0.6) is 0 Å². The number of carboxylic acid groups (broad SMARTS) is 1.